The van der Waals surface area contributed by atoms with E-state index in [1.165, 1.54) is 6.07 Å². The van der Waals surface area contributed by atoms with Crippen LogP contribution in [-0.2, 0) is 17.2 Å². The van der Waals surface area contributed by atoms with Crippen LogP contribution in [0.25, 0.3) is 0 Å². The summed E-state index contributed by atoms with van der Waals surface area (Å²) in [6.45, 7) is 0. The van der Waals surface area contributed by atoms with Crippen molar-refractivity contribution in [3.05, 3.63) is 63.7 Å². The van der Waals surface area contributed by atoms with Gasteiger partial charge in [-0.05, 0) is 17.7 Å². The van der Waals surface area contributed by atoms with E-state index in [1.54, 1.807) is 12.1 Å². The van der Waals surface area contributed by atoms with Crippen molar-refractivity contribution in [3.63, 3.8) is 0 Å². The average molecular weight is 259 g/mol. The molecule has 0 amide bonds. The molecule has 0 N–H and O–H groups in total. The summed E-state index contributed by atoms with van der Waals surface area (Å²) < 4.78 is 12.4. The van der Waals surface area contributed by atoms with Crippen LogP contribution >= 0.6 is 0 Å². The lowest BCUT2D eigenvalue weighted by molar-refractivity contribution is -0.385. The molecule has 0 aliphatic carbocycles. The van der Waals surface area contributed by atoms with Crippen molar-refractivity contribution in [2.45, 2.75) is 16.2 Å². The molecule has 1 heterocycles. The van der Waals surface area contributed by atoms with Gasteiger partial charge in [0.15, 0.2) is 0 Å². The maximum Gasteiger partial charge on any atom is 0.274 e. The molecule has 4 nitrogen and oxygen atoms in total. The van der Waals surface area contributed by atoms with Crippen LogP contribution < -0.4 is 0 Å². The molecule has 0 spiro atoms. The first-order chi connectivity index (χ1) is 8.68. The van der Waals surface area contributed by atoms with Gasteiger partial charge in [-0.3, -0.25) is 10.1 Å². The number of hydrogen-bond donors (Lipinski definition) is 0. The molecular formula is C13H9NO3S. The average Bonchev–Trinajstić information content (AvgIpc) is 2.38. The summed E-state index contributed by atoms with van der Waals surface area (Å²) >= 11 is 0. The molecule has 2 aromatic rings. The Labute approximate surface area is 106 Å². The summed E-state index contributed by atoms with van der Waals surface area (Å²) in [5, 5.41) is 11.0. The first-order valence-electron chi connectivity index (χ1n) is 5.44. The largest absolute Gasteiger partial charge is 0.274 e. The van der Waals surface area contributed by atoms with Crippen LogP contribution in [0.4, 0.5) is 5.69 Å². The van der Waals surface area contributed by atoms with Crippen LogP contribution in [0.15, 0.2) is 52.3 Å². The van der Waals surface area contributed by atoms with Gasteiger partial charge in [0.25, 0.3) is 5.69 Å². The van der Waals surface area contributed by atoms with E-state index in [2.05, 4.69) is 0 Å². The van der Waals surface area contributed by atoms with Gasteiger partial charge in [-0.25, -0.2) is 4.21 Å². The molecule has 0 saturated heterocycles. The first kappa shape index (κ1) is 11.1. The van der Waals surface area contributed by atoms with E-state index < -0.39 is 15.7 Å². The van der Waals surface area contributed by atoms with Crippen LogP contribution in [0.1, 0.15) is 11.1 Å². The summed E-state index contributed by atoms with van der Waals surface area (Å²) in [5.41, 5.74) is 1.52. The number of benzene rings is 2. The molecule has 1 aliphatic heterocycles. The van der Waals surface area contributed by atoms with Crippen LogP contribution in [0, 0.1) is 10.1 Å². The van der Waals surface area contributed by atoms with Crippen LogP contribution in [-0.4, -0.2) is 9.13 Å². The van der Waals surface area contributed by atoms with Crippen molar-refractivity contribution in [2.24, 2.45) is 0 Å². The van der Waals surface area contributed by atoms with Crippen LogP contribution in [0.2, 0.25) is 0 Å². The van der Waals surface area contributed by atoms with Gasteiger partial charge in [-0.2, -0.15) is 0 Å². The fourth-order valence-electron chi connectivity index (χ4n) is 2.22. The summed E-state index contributed by atoms with van der Waals surface area (Å²) in [4.78, 5) is 11.9. The highest BCUT2D eigenvalue weighted by molar-refractivity contribution is 7.85. The Morgan fingerprint density at radius 1 is 1.06 bits per heavy atom. The molecule has 0 radical (unpaired) electrons. The minimum atomic E-state index is -1.32. The van der Waals surface area contributed by atoms with Crippen molar-refractivity contribution < 1.29 is 9.13 Å². The summed E-state index contributed by atoms with van der Waals surface area (Å²) in [5.74, 6) is 0. The molecule has 90 valence electrons. The smallest absolute Gasteiger partial charge is 0.258 e. The molecule has 2 aromatic carbocycles. The fourth-order valence-corrected chi connectivity index (χ4v) is 3.64. The van der Waals surface area contributed by atoms with Gasteiger partial charge >= 0.3 is 0 Å². The van der Waals surface area contributed by atoms with E-state index in [-0.39, 0.29) is 5.69 Å². The van der Waals surface area contributed by atoms with E-state index in [1.807, 2.05) is 24.3 Å². The molecule has 1 atom stereocenters. The van der Waals surface area contributed by atoms with Crippen molar-refractivity contribution in [2.75, 3.05) is 0 Å². The Kier molecular flexibility index (Phi) is 2.48. The topological polar surface area (TPSA) is 60.2 Å². The van der Waals surface area contributed by atoms with Crippen LogP contribution in [0.3, 0.4) is 0 Å². The van der Waals surface area contributed by atoms with E-state index in [0.29, 0.717) is 16.9 Å². The molecule has 0 fully saturated rings. The second kappa shape index (κ2) is 4.03. The summed E-state index contributed by atoms with van der Waals surface area (Å²) in [6, 6.07) is 12.1. The number of nitrogens with zero attached hydrogens (tertiary/aromatic N) is 1. The lowest BCUT2D eigenvalue weighted by Crippen LogP contribution is -2.11. The minimum absolute atomic E-state index is 0.0513. The van der Waals surface area contributed by atoms with E-state index in [0.717, 1.165) is 10.5 Å². The zero-order chi connectivity index (χ0) is 12.7. The van der Waals surface area contributed by atoms with E-state index in [4.69, 9.17) is 0 Å². The van der Waals surface area contributed by atoms with Crippen molar-refractivity contribution >= 4 is 16.5 Å². The van der Waals surface area contributed by atoms with E-state index in [9.17, 15) is 14.3 Å². The number of hydrogen-bond acceptors (Lipinski definition) is 3. The first-order valence-corrected chi connectivity index (χ1v) is 6.59. The lowest BCUT2D eigenvalue weighted by Gasteiger charge is -2.18. The standard InChI is InChI=1S/C13H9NO3S/c15-14(16)11-5-3-7-13-10(11)8-9-4-1-2-6-12(9)18(13)17/h1-7H,8H2. The van der Waals surface area contributed by atoms with Crippen molar-refractivity contribution in [1.82, 2.24) is 0 Å². The molecule has 3 rings (SSSR count). The number of fused-ring (bicyclic) bond motifs is 2. The van der Waals surface area contributed by atoms with Gasteiger partial charge in [-0.1, -0.05) is 24.3 Å². The highest BCUT2D eigenvalue weighted by Crippen LogP contribution is 2.35. The molecule has 0 bridgehead atoms. The van der Waals surface area contributed by atoms with Gasteiger partial charge in [-0.15, -0.1) is 0 Å². The Morgan fingerprint density at radius 3 is 2.56 bits per heavy atom. The minimum Gasteiger partial charge on any atom is -0.258 e. The van der Waals surface area contributed by atoms with Gasteiger partial charge < -0.3 is 0 Å². The Morgan fingerprint density at radius 2 is 1.78 bits per heavy atom. The predicted octanol–water partition coefficient (Wildman–Crippen LogP) is 2.67. The SMILES string of the molecule is O=[N+]([O-])c1cccc2c1Cc1ccccc1S2=O. The normalized spacial score (nSPS) is 16.8. The number of nitro groups is 1. The van der Waals surface area contributed by atoms with Gasteiger partial charge in [0.05, 0.1) is 26.2 Å². The van der Waals surface area contributed by atoms with E-state index >= 15 is 0 Å². The second-order valence-corrected chi connectivity index (χ2v) is 5.48. The maximum absolute atomic E-state index is 12.4. The third-order valence-corrected chi connectivity index (χ3v) is 4.62. The molecule has 18 heavy (non-hydrogen) atoms. The summed E-state index contributed by atoms with van der Waals surface area (Å²) in [6.07, 6.45) is 0.467. The Hall–Kier alpha value is -2.01. The van der Waals surface area contributed by atoms with Gasteiger partial charge in [0.1, 0.15) is 0 Å². The van der Waals surface area contributed by atoms with Crippen LogP contribution in [0.5, 0.6) is 0 Å². The predicted molar refractivity (Wildman–Crippen MR) is 67.0 cm³/mol. The highest BCUT2D eigenvalue weighted by Gasteiger charge is 2.27. The number of nitro benzene ring substituents is 1. The van der Waals surface area contributed by atoms with Gasteiger partial charge in [0.2, 0.25) is 0 Å². The van der Waals surface area contributed by atoms with Crippen molar-refractivity contribution in [3.8, 4) is 0 Å². The highest BCUT2D eigenvalue weighted by atomic mass is 32.2. The Balaban J connectivity index is 2.25. The third-order valence-electron chi connectivity index (χ3n) is 3.04. The summed E-state index contributed by atoms with van der Waals surface area (Å²) in [7, 11) is -1.32. The Bertz CT molecular complexity index is 682. The molecule has 0 aromatic heterocycles. The third kappa shape index (κ3) is 1.55. The van der Waals surface area contributed by atoms with Crippen molar-refractivity contribution in [1.29, 1.82) is 0 Å². The molecular weight excluding hydrogens is 250 g/mol. The quantitative estimate of drug-likeness (QED) is 0.498. The zero-order valence-electron chi connectivity index (χ0n) is 9.33. The fraction of sp³-hybridized carbons (Fsp3) is 0.0769. The molecule has 5 heteroatoms. The molecule has 1 unspecified atom stereocenters. The maximum atomic E-state index is 12.4. The van der Waals surface area contributed by atoms with Gasteiger partial charge in [0, 0.05) is 17.4 Å². The lowest BCUT2D eigenvalue weighted by atomic mass is 10.0. The monoisotopic (exact) mass is 259 g/mol. The zero-order valence-corrected chi connectivity index (χ0v) is 10.1. The number of rotatable bonds is 1. The molecule has 1 aliphatic rings. The second-order valence-electron chi connectivity index (χ2n) is 4.06. The molecule has 0 saturated carbocycles.